The van der Waals surface area contributed by atoms with E-state index < -0.39 is 7.12 Å². The molecule has 0 atom stereocenters. The highest BCUT2D eigenvalue weighted by molar-refractivity contribution is 6.58. The third kappa shape index (κ3) is 4.19. The van der Waals surface area contributed by atoms with Crippen molar-refractivity contribution in [3.05, 3.63) is 69.7 Å². The largest absolute Gasteiger partial charge is 0.488 e. The number of ketones is 1. The third-order valence-corrected chi connectivity index (χ3v) is 3.60. The molecule has 0 amide bonds. The van der Waals surface area contributed by atoms with Crippen LogP contribution in [0.1, 0.15) is 15.9 Å². The van der Waals surface area contributed by atoms with E-state index in [-0.39, 0.29) is 5.78 Å². The Morgan fingerprint density at radius 3 is 2.24 bits per heavy atom. The van der Waals surface area contributed by atoms with E-state index in [0.29, 0.717) is 21.1 Å². The van der Waals surface area contributed by atoms with Crippen LogP contribution in [0.5, 0.6) is 0 Å². The fourth-order valence-corrected chi connectivity index (χ4v) is 1.99. The molecular weight excluding hydrogens is 310 g/mol. The molecule has 0 heterocycles. The first kappa shape index (κ1) is 15.8. The van der Waals surface area contributed by atoms with Crippen molar-refractivity contribution in [3.63, 3.8) is 0 Å². The van der Waals surface area contributed by atoms with E-state index in [1.54, 1.807) is 42.5 Å². The summed E-state index contributed by atoms with van der Waals surface area (Å²) >= 11 is 11.7. The van der Waals surface area contributed by atoms with Gasteiger partial charge in [0.15, 0.2) is 5.78 Å². The van der Waals surface area contributed by atoms with Crippen LogP contribution in [0, 0.1) is 0 Å². The summed E-state index contributed by atoms with van der Waals surface area (Å²) in [7, 11) is -1.50. The molecule has 0 fully saturated rings. The summed E-state index contributed by atoms with van der Waals surface area (Å²) in [6.45, 7) is 0. The van der Waals surface area contributed by atoms with Gasteiger partial charge in [0, 0.05) is 5.56 Å². The predicted octanol–water partition coefficient (Wildman–Crippen LogP) is 2.57. The molecule has 2 aromatic rings. The number of hydrogen-bond donors (Lipinski definition) is 2. The highest BCUT2D eigenvalue weighted by Crippen LogP contribution is 2.23. The van der Waals surface area contributed by atoms with Gasteiger partial charge in [0.2, 0.25) is 0 Å². The Morgan fingerprint density at radius 2 is 1.67 bits per heavy atom. The van der Waals surface area contributed by atoms with Gasteiger partial charge in [0.05, 0.1) is 10.0 Å². The summed E-state index contributed by atoms with van der Waals surface area (Å²) < 4.78 is 0. The maximum atomic E-state index is 12.0. The van der Waals surface area contributed by atoms with Crippen molar-refractivity contribution < 1.29 is 14.8 Å². The van der Waals surface area contributed by atoms with Gasteiger partial charge < -0.3 is 10.0 Å². The normalized spacial score (nSPS) is 10.9. The molecule has 0 bridgehead atoms. The number of benzene rings is 2. The summed E-state index contributed by atoms with van der Waals surface area (Å²) in [6, 6.07) is 11.2. The van der Waals surface area contributed by atoms with Crippen LogP contribution in [0.4, 0.5) is 0 Å². The molecule has 0 radical (unpaired) electrons. The molecule has 0 aromatic heterocycles. The van der Waals surface area contributed by atoms with Crippen molar-refractivity contribution >= 4 is 47.6 Å². The fraction of sp³-hybridized carbons (Fsp3) is 0. The molecule has 2 N–H and O–H groups in total. The molecule has 0 saturated carbocycles. The second-order valence-electron chi connectivity index (χ2n) is 4.37. The van der Waals surface area contributed by atoms with Crippen molar-refractivity contribution in [2.75, 3.05) is 0 Å². The standard InChI is InChI=1S/C15H11BCl2O3/c17-13-7-4-11(9-14(13)18)15(19)8-3-10-1-5-12(6-2-10)16(20)21/h1-9,20-21H/b8-3+. The van der Waals surface area contributed by atoms with E-state index in [0.717, 1.165) is 5.56 Å². The van der Waals surface area contributed by atoms with Crippen LogP contribution in [-0.4, -0.2) is 22.9 Å². The number of halogens is 2. The minimum atomic E-state index is -1.50. The molecule has 0 aliphatic carbocycles. The number of carbonyl (C=O) groups is 1. The first-order chi connectivity index (χ1) is 9.97. The minimum absolute atomic E-state index is 0.195. The summed E-state index contributed by atoms with van der Waals surface area (Å²) in [5, 5.41) is 18.7. The second kappa shape index (κ2) is 6.92. The van der Waals surface area contributed by atoms with Crippen LogP contribution in [-0.2, 0) is 0 Å². The Hall–Kier alpha value is -1.59. The molecule has 0 aliphatic rings. The van der Waals surface area contributed by atoms with Gasteiger partial charge in [-0.25, -0.2) is 0 Å². The molecule has 21 heavy (non-hydrogen) atoms. The highest BCUT2D eigenvalue weighted by atomic mass is 35.5. The van der Waals surface area contributed by atoms with Gasteiger partial charge in [-0.1, -0.05) is 53.5 Å². The zero-order chi connectivity index (χ0) is 15.4. The maximum absolute atomic E-state index is 12.0. The van der Waals surface area contributed by atoms with Crippen LogP contribution < -0.4 is 5.46 Å². The number of rotatable bonds is 4. The number of allylic oxidation sites excluding steroid dienone is 1. The molecular formula is C15H11BCl2O3. The van der Waals surface area contributed by atoms with Gasteiger partial charge in [-0.2, -0.15) is 0 Å². The van der Waals surface area contributed by atoms with Gasteiger partial charge in [0.1, 0.15) is 0 Å². The van der Waals surface area contributed by atoms with Crippen LogP contribution >= 0.6 is 23.2 Å². The highest BCUT2D eigenvalue weighted by Gasteiger charge is 2.09. The smallest absolute Gasteiger partial charge is 0.423 e. The van der Waals surface area contributed by atoms with Crippen molar-refractivity contribution in [1.82, 2.24) is 0 Å². The van der Waals surface area contributed by atoms with Gasteiger partial charge in [0.25, 0.3) is 0 Å². The van der Waals surface area contributed by atoms with E-state index >= 15 is 0 Å². The fourth-order valence-electron chi connectivity index (χ4n) is 1.70. The van der Waals surface area contributed by atoms with E-state index in [9.17, 15) is 4.79 Å². The minimum Gasteiger partial charge on any atom is -0.423 e. The van der Waals surface area contributed by atoms with Gasteiger partial charge in [-0.15, -0.1) is 0 Å². The SMILES string of the molecule is O=C(/C=C/c1ccc(B(O)O)cc1)c1ccc(Cl)c(Cl)c1. The predicted molar refractivity (Wildman–Crippen MR) is 86.1 cm³/mol. The van der Waals surface area contributed by atoms with E-state index in [1.807, 2.05) is 0 Å². The summed E-state index contributed by atoms with van der Waals surface area (Å²) in [6.07, 6.45) is 3.06. The molecule has 2 rings (SSSR count). The Balaban J connectivity index is 2.12. The summed E-state index contributed by atoms with van der Waals surface area (Å²) in [4.78, 5) is 12.0. The summed E-state index contributed by atoms with van der Waals surface area (Å²) in [5.74, 6) is -0.195. The Bertz CT molecular complexity index is 682. The van der Waals surface area contributed by atoms with Crippen LogP contribution in [0.15, 0.2) is 48.5 Å². The van der Waals surface area contributed by atoms with Crippen LogP contribution in [0.3, 0.4) is 0 Å². The second-order valence-corrected chi connectivity index (χ2v) is 5.18. The molecule has 0 aliphatic heterocycles. The molecule has 2 aromatic carbocycles. The number of hydrogen-bond acceptors (Lipinski definition) is 3. The molecule has 0 unspecified atom stereocenters. The molecule has 3 nitrogen and oxygen atoms in total. The summed E-state index contributed by atoms with van der Waals surface area (Å²) in [5.41, 5.74) is 1.61. The Kier molecular flexibility index (Phi) is 5.20. The molecule has 0 spiro atoms. The molecule has 0 saturated heterocycles. The quantitative estimate of drug-likeness (QED) is 0.517. The Labute approximate surface area is 132 Å². The van der Waals surface area contributed by atoms with Crippen molar-refractivity contribution in [2.24, 2.45) is 0 Å². The Morgan fingerprint density at radius 1 is 1.00 bits per heavy atom. The lowest BCUT2D eigenvalue weighted by molar-refractivity contribution is 0.104. The average Bonchev–Trinajstić information content (AvgIpc) is 2.48. The van der Waals surface area contributed by atoms with Gasteiger partial charge in [-0.3, -0.25) is 4.79 Å². The average molecular weight is 321 g/mol. The third-order valence-electron chi connectivity index (χ3n) is 2.87. The van der Waals surface area contributed by atoms with Gasteiger partial charge in [-0.05, 0) is 35.3 Å². The number of carbonyl (C=O) groups excluding carboxylic acids is 1. The first-order valence-corrected chi connectivity index (χ1v) is 6.86. The first-order valence-electron chi connectivity index (χ1n) is 6.11. The van der Waals surface area contributed by atoms with Gasteiger partial charge >= 0.3 is 7.12 Å². The zero-order valence-electron chi connectivity index (χ0n) is 10.8. The lowest BCUT2D eigenvalue weighted by atomic mass is 9.80. The maximum Gasteiger partial charge on any atom is 0.488 e. The molecule has 106 valence electrons. The van der Waals surface area contributed by atoms with E-state index in [2.05, 4.69) is 0 Å². The lowest BCUT2D eigenvalue weighted by Crippen LogP contribution is -2.29. The molecule has 6 heteroatoms. The van der Waals surface area contributed by atoms with E-state index in [1.165, 1.54) is 12.1 Å². The van der Waals surface area contributed by atoms with E-state index in [4.69, 9.17) is 33.2 Å². The lowest BCUT2D eigenvalue weighted by Gasteiger charge is -2.00. The topological polar surface area (TPSA) is 57.5 Å². The van der Waals surface area contributed by atoms with Crippen molar-refractivity contribution in [2.45, 2.75) is 0 Å². The zero-order valence-corrected chi connectivity index (χ0v) is 12.3. The van der Waals surface area contributed by atoms with Crippen LogP contribution in [0.2, 0.25) is 10.0 Å². The van der Waals surface area contributed by atoms with Crippen molar-refractivity contribution in [1.29, 1.82) is 0 Å². The van der Waals surface area contributed by atoms with Crippen LogP contribution in [0.25, 0.3) is 6.08 Å². The van der Waals surface area contributed by atoms with Crippen molar-refractivity contribution in [3.8, 4) is 0 Å². The monoisotopic (exact) mass is 320 g/mol.